The van der Waals surface area contributed by atoms with Gasteiger partial charge in [0, 0.05) is 11.8 Å². The fraction of sp³-hybridized carbons (Fsp3) is 0.208. The third-order valence-corrected chi connectivity index (χ3v) is 4.44. The van der Waals surface area contributed by atoms with Crippen LogP contribution < -0.4 is 29.6 Å². The molecule has 7 heteroatoms. The summed E-state index contributed by atoms with van der Waals surface area (Å²) in [5, 5.41) is 4.37. The number of aromatic nitrogens is 2. The van der Waals surface area contributed by atoms with Gasteiger partial charge in [0.05, 0.1) is 13.2 Å². The topological polar surface area (TPSA) is 91.2 Å². The summed E-state index contributed by atoms with van der Waals surface area (Å²) in [5.41, 5.74) is 4.24. The Bertz CT molecular complexity index is 995. The molecule has 1 aromatic heterocycles. The fourth-order valence-corrected chi connectivity index (χ4v) is 2.71. The van der Waals surface area contributed by atoms with Gasteiger partial charge >= 0.3 is 29.6 Å². The van der Waals surface area contributed by atoms with Crippen LogP contribution in [-0.2, 0) is 22.7 Å². The molecule has 1 atom stereocenters. The van der Waals surface area contributed by atoms with E-state index in [9.17, 15) is 9.59 Å². The summed E-state index contributed by atoms with van der Waals surface area (Å²) in [7, 11) is 0. The van der Waals surface area contributed by atoms with E-state index >= 15 is 0 Å². The van der Waals surface area contributed by atoms with Gasteiger partial charge < -0.3 is 15.0 Å². The molecule has 0 bridgehead atoms. The fourth-order valence-electron chi connectivity index (χ4n) is 2.71. The van der Waals surface area contributed by atoms with Gasteiger partial charge in [-0.05, 0) is 30.2 Å². The number of hydrogen-bond donors (Lipinski definition) is 0. The summed E-state index contributed by atoms with van der Waals surface area (Å²) >= 11 is 0. The van der Waals surface area contributed by atoms with E-state index in [0.29, 0.717) is 24.4 Å². The van der Waals surface area contributed by atoms with Crippen molar-refractivity contribution in [3.63, 3.8) is 0 Å². The van der Waals surface area contributed by atoms with E-state index in [1.54, 1.807) is 30.2 Å². The molecular formula is C24H24N2NaO4-. The van der Waals surface area contributed by atoms with E-state index in [1.807, 2.05) is 67.6 Å². The van der Waals surface area contributed by atoms with Crippen molar-refractivity contribution in [2.75, 3.05) is 0 Å². The summed E-state index contributed by atoms with van der Waals surface area (Å²) in [6, 6.07) is 17.1. The SMILES string of the molecule is Cc1ccc(C(=O)c2ccn(C/C=C/c3ccc(CO[C@H](C)[C-]=O)cc3)n2)cc1.[Na+].[OH-]. The molecule has 31 heavy (non-hydrogen) atoms. The van der Waals surface area contributed by atoms with Crippen LogP contribution in [0.5, 0.6) is 0 Å². The number of carbonyl (C=O) groups is 1. The average molecular weight is 427 g/mol. The van der Waals surface area contributed by atoms with E-state index in [2.05, 4.69) is 5.10 Å². The van der Waals surface area contributed by atoms with Crippen LogP contribution in [0.1, 0.15) is 39.7 Å². The quantitative estimate of drug-likeness (QED) is 0.288. The molecule has 156 valence electrons. The van der Waals surface area contributed by atoms with Crippen molar-refractivity contribution in [2.45, 2.75) is 33.1 Å². The van der Waals surface area contributed by atoms with Crippen molar-refractivity contribution in [1.29, 1.82) is 0 Å². The van der Waals surface area contributed by atoms with Crippen molar-refractivity contribution in [3.05, 3.63) is 94.8 Å². The Balaban J connectivity index is 0.00000240. The molecule has 3 aromatic rings. The van der Waals surface area contributed by atoms with Gasteiger partial charge in [-0.15, -0.1) is 0 Å². The van der Waals surface area contributed by atoms with Gasteiger partial charge in [0.15, 0.2) is 0 Å². The van der Waals surface area contributed by atoms with Crippen LogP contribution in [0.2, 0.25) is 0 Å². The summed E-state index contributed by atoms with van der Waals surface area (Å²) < 4.78 is 7.07. The molecule has 0 radical (unpaired) electrons. The van der Waals surface area contributed by atoms with E-state index in [0.717, 1.165) is 16.7 Å². The van der Waals surface area contributed by atoms with E-state index in [4.69, 9.17) is 4.74 Å². The zero-order valence-corrected chi connectivity index (χ0v) is 20.0. The second-order valence-electron chi connectivity index (χ2n) is 6.83. The monoisotopic (exact) mass is 427 g/mol. The minimum absolute atomic E-state index is 0. The van der Waals surface area contributed by atoms with E-state index < -0.39 is 6.10 Å². The third kappa shape index (κ3) is 8.01. The number of carbonyl (C=O) groups excluding carboxylic acids is 2. The Morgan fingerprint density at radius 1 is 1.13 bits per heavy atom. The first-order valence-corrected chi connectivity index (χ1v) is 9.45. The summed E-state index contributed by atoms with van der Waals surface area (Å²) in [6.45, 7) is 4.60. The Morgan fingerprint density at radius 3 is 2.45 bits per heavy atom. The second kappa shape index (κ2) is 13.1. The van der Waals surface area contributed by atoms with Crippen molar-refractivity contribution < 1.29 is 49.4 Å². The molecule has 0 unspecified atom stereocenters. The van der Waals surface area contributed by atoms with Gasteiger partial charge in [0.25, 0.3) is 0 Å². The molecule has 3 rings (SSSR count). The molecule has 0 fully saturated rings. The second-order valence-corrected chi connectivity index (χ2v) is 6.83. The molecule has 1 heterocycles. The molecule has 0 aliphatic rings. The van der Waals surface area contributed by atoms with Gasteiger partial charge in [-0.1, -0.05) is 73.2 Å². The van der Waals surface area contributed by atoms with Crippen LogP contribution in [0.4, 0.5) is 0 Å². The largest absolute Gasteiger partial charge is 1.00 e. The standard InChI is InChI=1S/C24H23N2O3.Na.H2O/c1-18-5-11-22(12-6-18)24(28)23-13-15-26(25-23)14-3-4-20-7-9-21(10-8-20)17-29-19(2)16-27;;/h3-13,15,19H,14,17H2,1-2H3;;1H2/q-1;+1;/p-1/b4-3+;;/t19-;;/m1../s1. The normalized spacial score (nSPS) is 11.4. The first-order valence-electron chi connectivity index (χ1n) is 9.45. The molecule has 6 nitrogen and oxygen atoms in total. The first-order chi connectivity index (χ1) is 14.0. The molecule has 0 saturated heterocycles. The van der Waals surface area contributed by atoms with Crippen LogP contribution in [-0.4, -0.2) is 33.4 Å². The maximum absolute atomic E-state index is 12.5. The van der Waals surface area contributed by atoms with Crippen LogP contribution >= 0.6 is 0 Å². The number of benzene rings is 2. The maximum Gasteiger partial charge on any atom is 1.00 e. The van der Waals surface area contributed by atoms with Crippen molar-refractivity contribution in [1.82, 2.24) is 9.78 Å². The van der Waals surface area contributed by atoms with Gasteiger partial charge in [0.1, 0.15) is 5.69 Å². The Morgan fingerprint density at radius 2 is 1.81 bits per heavy atom. The molecule has 0 aliphatic heterocycles. The van der Waals surface area contributed by atoms with Crippen LogP contribution in [0, 0.1) is 6.92 Å². The first kappa shape index (κ1) is 26.7. The minimum Gasteiger partial charge on any atom is -0.870 e. The van der Waals surface area contributed by atoms with E-state index in [1.165, 1.54) is 0 Å². The zero-order chi connectivity index (χ0) is 20.6. The average Bonchev–Trinajstić information content (AvgIpc) is 3.22. The number of nitrogens with zero attached hydrogens (tertiary/aromatic N) is 2. The van der Waals surface area contributed by atoms with Gasteiger partial charge in [0.2, 0.25) is 5.78 Å². The molecule has 0 spiro atoms. The zero-order valence-electron chi connectivity index (χ0n) is 18.0. The minimum atomic E-state index is -0.522. The van der Waals surface area contributed by atoms with Crippen LogP contribution in [0.3, 0.4) is 0 Å². The number of allylic oxidation sites excluding steroid dienone is 1. The molecule has 0 aliphatic carbocycles. The number of hydrogen-bond acceptors (Lipinski definition) is 5. The third-order valence-electron chi connectivity index (χ3n) is 4.44. The Labute approximate surface area is 204 Å². The molecular weight excluding hydrogens is 403 g/mol. The number of ketones is 1. The van der Waals surface area contributed by atoms with Crippen LogP contribution in [0.25, 0.3) is 6.08 Å². The van der Waals surface area contributed by atoms with Gasteiger partial charge in [-0.2, -0.15) is 5.10 Å². The van der Waals surface area contributed by atoms with Gasteiger partial charge in [-0.3, -0.25) is 9.48 Å². The molecule has 0 amide bonds. The molecule has 2 aromatic carbocycles. The number of rotatable bonds is 9. The predicted octanol–water partition coefficient (Wildman–Crippen LogP) is 0.978. The summed E-state index contributed by atoms with van der Waals surface area (Å²) in [5.74, 6) is -0.0768. The van der Waals surface area contributed by atoms with Crippen LogP contribution in [0.15, 0.2) is 66.9 Å². The Hall–Kier alpha value is -2.35. The Kier molecular flexibility index (Phi) is 11.3. The smallest absolute Gasteiger partial charge is 0.870 e. The number of aryl methyl sites for hydroxylation is 1. The molecule has 0 saturated carbocycles. The van der Waals surface area contributed by atoms with Crippen molar-refractivity contribution in [3.8, 4) is 0 Å². The van der Waals surface area contributed by atoms with Gasteiger partial charge in [-0.25, -0.2) is 6.29 Å². The van der Waals surface area contributed by atoms with Crippen molar-refractivity contribution in [2.24, 2.45) is 0 Å². The van der Waals surface area contributed by atoms with E-state index in [-0.39, 0.29) is 40.8 Å². The van der Waals surface area contributed by atoms with Crippen molar-refractivity contribution >= 4 is 18.1 Å². The number of ether oxygens (including phenoxy) is 1. The summed E-state index contributed by atoms with van der Waals surface area (Å²) in [4.78, 5) is 22.9. The maximum atomic E-state index is 12.5. The predicted molar refractivity (Wildman–Crippen MR) is 114 cm³/mol. The summed E-state index contributed by atoms with van der Waals surface area (Å²) in [6.07, 6.45) is 7.06. The molecule has 1 N–H and O–H groups in total.